The van der Waals surface area contributed by atoms with E-state index in [9.17, 15) is 0 Å². The normalized spacial score (nSPS) is 10.8. The molecule has 20 heavy (non-hydrogen) atoms. The van der Waals surface area contributed by atoms with Crippen LogP contribution in [0.2, 0.25) is 0 Å². The van der Waals surface area contributed by atoms with Crippen LogP contribution < -0.4 is 5.32 Å². The Bertz CT molecular complexity index is 555. The molecule has 0 aliphatic carbocycles. The number of hydrogen-bond acceptors (Lipinski definition) is 7. The maximum Gasteiger partial charge on any atom is 0.176 e. The summed E-state index contributed by atoms with van der Waals surface area (Å²) >= 11 is 2.98. The molecule has 0 saturated heterocycles. The van der Waals surface area contributed by atoms with Gasteiger partial charge in [0.25, 0.3) is 0 Å². The van der Waals surface area contributed by atoms with E-state index >= 15 is 0 Å². The highest BCUT2D eigenvalue weighted by Crippen LogP contribution is 2.29. The Morgan fingerprint density at radius 1 is 1.10 bits per heavy atom. The van der Waals surface area contributed by atoms with E-state index in [1.165, 1.54) is 11.5 Å². The molecule has 2 aromatic heterocycles. The fourth-order valence-corrected chi connectivity index (χ4v) is 3.21. The zero-order chi connectivity index (χ0) is 14.4. The van der Waals surface area contributed by atoms with Crippen molar-refractivity contribution in [2.24, 2.45) is 0 Å². The summed E-state index contributed by atoms with van der Waals surface area (Å²) in [6, 6.07) is 1.98. The molecule has 0 spiro atoms. The molecule has 2 heterocycles. The van der Waals surface area contributed by atoms with Crippen LogP contribution in [0.15, 0.2) is 15.4 Å². The summed E-state index contributed by atoms with van der Waals surface area (Å²) in [7, 11) is 0. The van der Waals surface area contributed by atoms with Crippen molar-refractivity contribution in [1.82, 2.24) is 19.3 Å². The Labute approximate surface area is 127 Å². The van der Waals surface area contributed by atoms with Crippen molar-refractivity contribution >= 4 is 29.1 Å². The SMILES string of the molecule is CCCNc1cc(Sc2nc(CC)ns2)nc(CC)n1. The number of aromatic nitrogens is 4. The number of anilines is 1. The molecule has 0 atom stereocenters. The molecule has 0 fully saturated rings. The van der Waals surface area contributed by atoms with E-state index in [2.05, 4.69) is 45.4 Å². The number of aryl methyl sites for hydroxylation is 2. The number of nitrogens with one attached hydrogen (secondary N) is 1. The Morgan fingerprint density at radius 2 is 1.90 bits per heavy atom. The number of rotatable bonds is 7. The van der Waals surface area contributed by atoms with E-state index < -0.39 is 0 Å². The Balaban J connectivity index is 2.16. The Kier molecular flexibility index (Phi) is 5.72. The molecule has 108 valence electrons. The Hall–Kier alpha value is -1.21. The molecule has 2 rings (SSSR count). The van der Waals surface area contributed by atoms with E-state index in [-0.39, 0.29) is 0 Å². The van der Waals surface area contributed by atoms with Crippen molar-refractivity contribution in [2.75, 3.05) is 11.9 Å². The summed E-state index contributed by atoms with van der Waals surface area (Å²) in [5.74, 6) is 2.64. The van der Waals surface area contributed by atoms with Crippen molar-refractivity contribution in [1.29, 1.82) is 0 Å². The molecule has 0 saturated carbocycles. The lowest BCUT2D eigenvalue weighted by Crippen LogP contribution is -2.05. The van der Waals surface area contributed by atoms with Gasteiger partial charge in [0.05, 0.1) is 0 Å². The van der Waals surface area contributed by atoms with Gasteiger partial charge in [0.15, 0.2) is 4.34 Å². The van der Waals surface area contributed by atoms with Crippen LogP contribution in [0.25, 0.3) is 0 Å². The second kappa shape index (κ2) is 7.54. The van der Waals surface area contributed by atoms with E-state index in [0.29, 0.717) is 0 Å². The van der Waals surface area contributed by atoms with Gasteiger partial charge in [0.2, 0.25) is 0 Å². The van der Waals surface area contributed by atoms with Gasteiger partial charge in [-0.2, -0.15) is 4.37 Å². The first-order valence-corrected chi connectivity index (χ1v) is 8.46. The van der Waals surface area contributed by atoms with Crippen LogP contribution in [0.3, 0.4) is 0 Å². The number of hydrogen-bond donors (Lipinski definition) is 1. The molecule has 5 nitrogen and oxygen atoms in total. The largest absolute Gasteiger partial charge is 0.370 e. The lowest BCUT2D eigenvalue weighted by Gasteiger charge is -2.07. The van der Waals surface area contributed by atoms with Gasteiger partial charge in [-0.1, -0.05) is 20.8 Å². The fourth-order valence-electron chi connectivity index (χ4n) is 1.54. The summed E-state index contributed by atoms with van der Waals surface area (Å²) < 4.78 is 5.23. The summed E-state index contributed by atoms with van der Waals surface area (Å²) in [4.78, 5) is 13.5. The molecule has 2 aromatic rings. The molecule has 7 heteroatoms. The van der Waals surface area contributed by atoms with Gasteiger partial charge in [0.1, 0.15) is 22.5 Å². The van der Waals surface area contributed by atoms with Gasteiger partial charge in [-0.25, -0.2) is 15.0 Å². The molecule has 1 N–H and O–H groups in total. The molecule has 0 aliphatic rings. The predicted octanol–water partition coefficient (Wildman–Crippen LogP) is 3.43. The zero-order valence-corrected chi connectivity index (χ0v) is 13.6. The van der Waals surface area contributed by atoms with Gasteiger partial charge < -0.3 is 5.32 Å². The Morgan fingerprint density at radius 3 is 2.55 bits per heavy atom. The van der Waals surface area contributed by atoms with Crippen molar-refractivity contribution in [3.05, 3.63) is 17.7 Å². The second-order valence-corrected chi connectivity index (χ2v) is 6.24. The molecule has 0 amide bonds. The average molecular weight is 309 g/mol. The van der Waals surface area contributed by atoms with E-state index in [0.717, 1.165) is 52.6 Å². The summed E-state index contributed by atoms with van der Waals surface area (Å²) in [6.07, 6.45) is 2.76. The monoisotopic (exact) mass is 309 g/mol. The molecule has 0 aliphatic heterocycles. The van der Waals surface area contributed by atoms with Gasteiger partial charge in [0, 0.05) is 25.5 Å². The van der Waals surface area contributed by atoms with Crippen molar-refractivity contribution in [3.63, 3.8) is 0 Å². The van der Waals surface area contributed by atoms with Gasteiger partial charge in [-0.15, -0.1) is 0 Å². The van der Waals surface area contributed by atoms with Crippen LogP contribution in [0.1, 0.15) is 38.8 Å². The quantitative estimate of drug-likeness (QED) is 0.791. The van der Waals surface area contributed by atoms with E-state index in [4.69, 9.17) is 0 Å². The first-order chi connectivity index (χ1) is 9.75. The highest BCUT2D eigenvalue weighted by atomic mass is 32.2. The summed E-state index contributed by atoms with van der Waals surface area (Å²) in [5, 5.41) is 4.24. The first kappa shape index (κ1) is 15.2. The topological polar surface area (TPSA) is 63.6 Å². The molecule has 0 aromatic carbocycles. The molecular weight excluding hydrogens is 290 g/mol. The maximum absolute atomic E-state index is 4.54. The lowest BCUT2D eigenvalue weighted by molar-refractivity contribution is 0.876. The zero-order valence-electron chi connectivity index (χ0n) is 12.0. The predicted molar refractivity (Wildman–Crippen MR) is 83.6 cm³/mol. The van der Waals surface area contributed by atoms with Crippen LogP contribution in [0.4, 0.5) is 5.82 Å². The van der Waals surface area contributed by atoms with Crippen LogP contribution in [0, 0.1) is 0 Å². The van der Waals surface area contributed by atoms with Gasteiger partial charge >= 0.3 is 0 Å². The maximum atomic E-state index is 4.54. The summed E-state index contributed by atoms with van der Waals surface area (Å²) in [6.45, 7) is 7.18. The highest BCUT2D eigenvalue weighted by molar-refractivity contribution is 8.00. The van der Waals surface area contributed by atoms with Gasteiger partial charge in [-0.3, -0.25) is 0 Å². The second-order valence-electron chi connectivity index (χ2n) is 4.22. The van der Waals surface area contributed by atoms with E-state index in [1.54, 1.807) is 11.8 Å². The van der Waals surface area contributed by atoms with E-state index in [1.807, 2.05) is 6.07 Å². The van der Waals surface area contributed by atoms with Crippen LogP contribution >= 0.6 is 23.3 Å². The fraction of sp³-hybridized carbons (Fsp3) is 0.538. The van der Waals surface area contributed by atoms with Crippen molar-refractivity contribution < 1.29 is 0 Å². The van der Waals surface area contributed by atoms with Crippen molar-refractivity contribution in [2.45, 2.75) is 49.4 Å². The third-order valence-electron chi connectivity index (χ3n) is 2.58. The third-order valence-corrected chi connectivity index (χ3v) is 4.29. The lowest BCUT2D eigenvalue weighted by atomic mass is 10.4. The van der Waals surface area contributed by atoms with Crippen LogP contribution in [0.5, 0.6) is 0 Å². The van der Waals surface area contributed by atoms with Crippen LogP contribution in [-0.4, -0.2) is 25.9 Å². The average Bonchev–Trinajstić information content (AvgIpc) is 2.92. The molecule has 0 bridgehead atoms. The molecule has 0 radical (unpaired) electrons. The molecular formula is C13H19N5S2. The minimum atomic E-state index is 0.825. The minimum Gasteiger partial charge on any atom is -0.370 e. The minimum absolute atomic E-state index is 0.825. The summed E-state index contributed by atoms with van der Waals surface area (Å²) in [5.41, 5.74) is 0. The van der Waals surface area contributed by atoms with Crippen molar-refractivity contribution in [3.8, 4) is 0 Å². The number of nitrogens with zero attached hydrogens (tertiary/aromatic N) is 4. The molecule has 0 unspecified atom stereocenters. The standard InChI is InChI=1S/C13H19N5S2/c1-4-7-14-11-8-12(16-9(5-2)15-11)19-13-17-10(6-3)18-20-13/h8H,4-7H2,1-3H3,(H,14,15,16). The van der Waals surface area contributed by atoms with Gasteiger partial charge in [-0.05, 0) is 29.7 Å². The first-order valence-electron chi connectivity index (χ1n) is 6.87. The third kappa shape index (κ3) is 4.14. The smallest absolute Gasteiger partial charge is 0.176 e. The highest BCUT2D eigenvalue weighted by Gasteiger charge is 2.09. The van der Waals surface area contributed by atoms with Crippen LogP contribution in [-0.2, 0) is 12.8 Å².